The van der Waals surface area contributed by atoms with Crippen molar-refractivity contribution in [2.24, 2.45) is 0 Å². The average Bonchev–Trinajstić information content (AvgIpc) is 2.96. The topological polar surface area (TPSA) is 36.3 Å². The SMILES string of the molecule is COCCn1c(C=Cc2ccc(OC)cc2)nc2ccccc21. The number of benzene rings is 2. The molecule has 0 saturated carbocycles. The van der Waals surface area contributed by atoms with Crippen LogP contribution in [0.25, 0.3) is 23.2 Å². The van der Waals surface area contributed by atoms with Gasteiger partial charge in [0.05, 0.1) is 24.8 Å². The Morgan fingerprint density at radius 1 is 1.00 bits per heavy atom. The molecule has 3 aromatic rings. The van der Waals surface area contributed by atoms with Crippen molar-refractivity contribution >= 4 is 23.2 Å². The molecule has 3 rings (SSSR count). The van der Waals surface area contributed by atoms with Crippen LogP contribution in [0.15, 0.2) is 48.5 Å². The summed E-state index contributed by atoms with van der Waals surface area (Å²) in [6.45, 7) is 1.43. The smallest absolute Gasteiger partial charge is 0.133 e. The molecule has 23 heavy (non-hydrogen) atoms. The van der Waals surface area contributed by atoms with Crippen molar-refractivity contribution in [1.82, 2.24) is 9.55 Å². The third kappa shape index (κ3) is 3.43. The van der Waals surface area contributed by atoms with Gasteiger partial charge in [-0.1, -0.05) is 30.3 Å². The predicted molar refractivity (Wildman–Crippen MR) is 93.5 cm³/mol. The van der Waals surface area contributed by atoms with Crippen molar-refractivity contribution < 1.29 is 9.47 Å². The van der Waals surface area contributed by atoms with Crippen LogP contribution in [-0.4, -0.2) is 30.4 Å². The van der Waals surface area contributed by atoms with Gasteiger partial charge in [0.1, 0.15) is 11.6 Å². The van der Waals surface area contributed by atoms with Gasteiger partial charge >= 0.3 is 0 Å². The number of rotatable bonds is 6. The van der Waals surface area contributed by atoms with Crippen LogP contribution in [0.1, 0.15) is 11.4 Å². The first kappa shape index (κ1) is 15.3. The fourth-order valence-electron chi connectivity index (χ4n) is 2.52. The maximum absolute atomic E-state index is 5.22. The summed E-state index contributed by atoms with van der Waals surface area (Å²) in [5, 5.41) is 0. The Morgan fingerprint density at radius 2 is 1.78 bits per heavy atom. The van der Waals surface area contributed by atoms with E-state index in [1.54, 1.807) is 14.2 Å². The minimum absolute atomic E-state index is 0.656. The van der Waals surface area contributed by atoms with Crippen LogP contribution >= 0.6 is 0 Å². The highest BCUT2D eigenvalue weighted by molar-refractivity contribution is 5.79. The molecule has 4 heteroatoms. The van der Waals surface area contributed by atoms with E-state index in [1.807, 2.05) is 48.5 Å². The molecule has 1 aromatic heterocycles. The fraction of sp³-hybridized carbons (Fsp3) is 0.211. The lowest BCUT2D eigenvalue weighted by molar-refractivity contribution is 0.188. The molecule has 0 radical (unpaired) electrons. The molecular weight excluding hydrogens is 288 g/mol. The van der Waals surface area contributed by atoms with Crippen molar-refractivity contribution in [2.75, 3.05) is 20.8 Å². The summed E-state index contributed by atoms with van der Waals surface area (Å²) in [5.41, 5.74) is 3.23. The Balaban J connectivity index is 1.92. The zero-order chi connectivity index (χ0) is 16.1. The highest BCUT2D eigenvalue weighted by atomic mass is 16.5. The zero-order valence-electron chi connectivity index (χ0n) is 13.4. The van der Waals surface area contributed by atoms with E-state index >= 15 is 0 Å². The summed E-state index contributed by atoms with van der Waals surface area (Å²) < 4.78 is 12.6. The van der Waals surface area contributed by atoms with Crippen LogP contribution in [0.2, 0.25) is 0 Å². The van der Waals surface area contributed by atoms with Gasteiger partial charge in [0.2, 0.25) is 0 Å². The van der Waals surface area contributed by atoms with Crippen LogP contribution in [0.5, 0.6) is 5.75 Å². The molecule has 2 aromatic carbocycles. The molecule has 118 valence electrons. The third-order valence-electron chi connectivity index (χ3n) is 3.74. The number of methoxy groups -OCH3 is 2. The van der Waals surface area contributed by atoms with Gasteiger partial charge in [0.25, 0.3) is 0 Å². The number of nitrogens with zero attached hydrogens (tertiary/aromatic N) is 2. The van der Waals surface area contributed by atoms with Gasteiger partial charge in [-0.2, -0.15) is 0 Å². The lowest BCUT2D eigenvalue weighted by atomic mass is 10.2. The van der Waals surface area contributed by atoms with E-state index in [4.69, 9.17) is 14.5 Å². The molecule has 0 amide bonds. The summed E-state index contributed by atoms with van der Waals surface area (Å²) in [4.78, 5) is 4.71. The number of aromatic nitrogens is 2. The molecule has 1 heterocycles. The van der Waals surface area contributed by atoms with Gasteiger partial charge in [0.15, 0.2) is 0 Å². The summed E-state index contributed by atoms with van der Waals surface area (Å²) in [6.07, 6.45) is 4.10. The van der Waals surface area contributed by atoms with Gasteiger partial charge in [-0.15, -0.1) is 0 Å². The summed E-state index contributed by atoms with van der Waals surface area (Å²) in [5.74, 6) is 1.79. The molecule has 0 spiro atoms. The Labute approximate surface area is 136 Å². The lowest BCUT2D eigenvalue weighted by Crippen LogP contribution is -2.05. The van der Waals surface area contributed by atoms with E-state index in [0.717, 1.165) is 34.7 Å². The normalized spacial score (nSPS) is 11.4. The standard InChI is InChI=1S/C19H20N2O2/c1-22-14-13-21-18-6-4-3-5-17(18)20-19(21)12-9-15-7-10-16(23-2)11-8-15/h3-12H,13-14H2,1-2H3. The molecule has 0 fully saturated rings. The van der Waals surface area contributed by atoms with E-state index in [0.29, 0.717) is 6.61 Å². The minimum atomic E-state index is 0.656. The van der Waals surface area contributed by atoms with Crippen LogP contribution in [0, 0.1) is 0 Å². The second kappa shape index (κ2) is 7.11. The van der Waals surface area contributed by atoms with Crippen molar-refractivity contribution in [3.63, 3.8) is 0 Å². The van der Waals surface area contributed by atoms with Gasteiger partial charge in [-0.05, 0) is 35.9 Å². The maximum Gasteiger partial charge on any atom is 0.133 e. The van der Waals surface area contributed by atoms with Crippen LogP contribution in [0.4, 0.5) is 0 Å². The molecule has 0 aliphatic heterocycles. The van der Waals surface area contributed by atoms with E-state index in [9.17, 15) is 0 Å². The summed E-state index contributed by atoms with van der Waals surface area (Å²) >= 11 is 0. The summed E-state index contributed by atoms with van der Waals surface area (Å²) in [7, 11) is 3.38. The predicted octanol–water partition coefficient (Wildman–Crippen LogP) is 3.86. The number of ether oxygens (including phenoxy) is 2. The first-order valence-electron chi connectivity index (χ1n) is 7.58. The van der Waals surface area contributed by atoms with E-state index in [1.165, 1.54) is 0 Å². The van der Waals surface area contributed by atoms with Crippen LogP contribution in [0.3, 0.4) is 0 Å². The van der Waals surface area contributed by atoms with Crippen molar-refractivity contribution in [2.45, 2.75) is 6.54 Å². The Morgan fingerprint density at radius 3 is 2.52 bits per heavy atom. The van der Waals surface area contributed by atoms with E-state index < -0.39 is 0 Å². The van der Waals surface area contributed by atoms with Crippen molar-refractivity contribution in [1.29, 1.82) is 0 Å². The fourth-order valence-corrected chi connectivity index (χ4v) is 2.52. The molecule has 4 nitrogen and oxygen atoms in total. The van der Waals surface area contributed by atoms with E-state index in [2.05, 4.69) is 16.7 Å². The van der Waals surface area contributed by atoms with E-state index in [-0.39, 0.29) is 0 Å². The molecule has 0 N–H and O–H groups in total. The minimum Gasteiger partial charge on any atom is -0.497 e. The van der Waals surface area contributed by atoms with Crippen molar-refractivity contribution in [3.05, 3.63) is 59.9 Å². The lowest BCUT2D eigenvalue weighted by Gasteiger charge is -2.06. The molecular formula is C19H20N2O2. The number of imidazole rings is 1. The highest BCUT2D eigenvalue weighted by Crippen LogP contribution is 2.19. The van der Waals surface area contributed by atoms with Crippen LogP contribution < -0.4 is 4.74 Å². The summed E-state index contributed by atoms with van der Waals surface area (Å²) in [6, 6.07) is 16.1. The third-order valence-corrected chi connectivity index (χ3v) is 3.74. The molecule has 0 saturated heterocycles. The second-order valence-electron chi connectivity index (χ2n) is 5.21. The van der Waals surface area contributed by atoms with Crippen molar-refractivity contribution in [3.8, 4) is 5.75 Å². The second-order valence-corrected chi connectivity index (χ2v) is 5.21. The average molecular weight is 308 g/mol. The molecule has 0 bridgehead atoms. The zero-order valence-corrected chi connectivity index (χ0v) is 13.4. The highest BCUT2D eigenvalue weighted by Gasteiger charge is 2.07. The van der Waals surface area contributed by atoms with Gasteiger partial charge in [-0.3, -0.25) is 0 Å². The quantitative estimate of drug-likeness (QED) is 0.694. The van der Waals surface area contributed by atoms with Gasteiger partial charge < -0.3 is 14.0 Å². The molecule has 0 unspecified atom stereocenters. The Kier molecular flexibility index (Phi) is 4.74. The first-order valence-corrected chi connectivity index (χ1v) is 7.58. The number of hydrogen-bond acceptors (Lipinski definition) is 3. The Bertz CT molecular complexity index is 804. The first-order chi connectivity index (χ1) is 11.3. The molecule has 0 atom stereocenters. The van der Waals surface area contributed by atoms with Gasteiger partial charge in [-0.25, -0.2) is 4.98 Å². The van der Waals surface area contributed by atoms with Crippen LogP contribution in [-0.2, 0) is 11.3 Å². The molecule has 0 aliphatic carbocycles. The number of para-hydroxylation sites is 2. The monoisotopic (exact) mass is 308 g/mol. The van der Waals surface area contributed by atoms with Gasteiger partial charge in [0, 0.05) is 13.7 Å². The largest absolute Gasteiger partial charge is 0.497 e. The molecule has 0 aliphatic rings. The number of fused-ring (bicyclic) bond motifs is 1. The number of hydrogen-bond donors (Lipinski definition) is 0. The maximum atomic E-state index is 5.22. The Hall–Kier alpha value is -2.59.